The van der Waals surface area contributed by atoms with Gasteiger partial charge in [0.05, 0.1) is 12.7 Å². The van der Waals surface area contributed by atoms with Crippen molar-refractivity contribution in [3.8, 4) is 5.75 Å². The second-order valence-electron chi connectivity index (χ2n) is 5.10. The third kappa shape index (κ3) is 5.49. The van der Waals surface area contributed by atoms with Gasteiger partial charge in [-0.15, -0.1) is 12.4 Å². The van der Waals surface area contributed by atoms with Crippen LogP contribution in [0.15, 0.2) is 22.7 Å². The van der Waals surface area contributed by atoms with Gasteiger partial charge in [0, 0.05) is 11.0 Å². The van der Waals surface area contributed by atoms with Crippen LogP contribution in [0, 0.1) is 5.92 Å². The summed E-state index contributed by atoms with van der Waals surface area (Å²) >= 11 is 3.40. The third-order valence-corrected chi connectivity index (χ3v) is 4.35. The number of ether oxygens (including phenoxy) is 1. The van der Waals surface area contributed by atoms with Crippen molar-refractivity contribution in [2.75, 3.05) is 26.7 Å². The van der Waals surface area contributed by atoms with Crippen molar-refractivity contribution < 1.29 is 9.53 Å². The lowest BCUT2D eigenvalue weighted by Crippen LogP contribution is -2.33. The molecule has 1 atom stereocenters. The molecule has 0 spiro atoms. The Labute approximate surface area is 140 Å². The van der Waals surface area contributed by atoms with Crippen LogP contribution in [0.5, 0.6) is 5.75 Å². The summed E-state index contributed by atoms with van der Waals surface area (Å²) in [6.45, 7) is 2.91. The highest BCUT2D eigenvalue weighted by Crippen LogP contribution is 2.22. The molecule has 4 nitrogen and oxygen atoms in total. The number of methoxy groups -OCH3 is 1. The maximum absolute atomic E-state index is 12.2. The van der Waals surface area contributed by atoms with Crippen LogP contribution in [0.25, 0.3) is 0 Å². The summed E-state index contributed by atoms with van der Waals surface area (Å²) in [5.74, 6) is 1.31. The smallest absolute Gasteiger partial charge is 0.252 e. The molecule has 0 aliphatic carbocycles. The Morgan fingerprint density at radius 3 is 3.00 bits per heavy atom. The molecular formula is C15H22BrClN2O2. The van der Waals surface area contributed by atoms with Crippen LogP contribution < -0.4 is 15.4 Å². The Hall–Kier alpha value is -0.780. The van der Waals surface area contributed by atoms with Crippen LogP contribution in [0.3, 0.4) is 0 Å². The zero-order valence-corrected chi connectivity index (χ0v) is 14.6. The molecule has 1 unspecified atom stereocenters. The van der Waals surface area contributed by atoms with E-state index in [1.165, 1.54) is 12.8 Å². The molecule has 1 aromatic carbocycles. The zero-order valence-electron chi connectivity index (χ0n) is 12.2. The fourth-order valence-corrected chi connectivity index (χ4v) is 2.89. The SMILES string of the molecule is COc1ccc(Br)c(C(=O)NCCC2CCCNC2)c1.Cl. The number of rotatable bonds is 5. The fraction of sp³-hybridized carbons (Fsp3) is 0.533. The van der Waals surface area contributed by atoms with E-state index in [-0.39, 0.29) is 18.3 Å². The van der Waals surface area contributed by atoms with E-state index in [2.05, 4.69) is 26.6 Å². The van der Waals surface area contributed by atoms with Crippen molar-refractivity contribution in [2.45, 2.75) is 19.3 Å². The predicted molar refractivity (Wildman–Crippen MR) is 90.5 cm³/mol. The topological polar surface area (TPSA) is 50.4 Å². The highest BCUT2D eigenvalue weighted by Gasteiger charge is 2.14. The molecule has 118 valence electrons. The van der Waals surface area contributed by atoms with Crippen LogP contribution in [-0.4, -0.2) is 32.7 Å². The summed E-state index contributed by atoms with van der Waals surface area (Å²) in [4.78, 5) is 12.2. The van der Waals surface area contributed by atoms with Gasteiger partial charge in [0.15, 0.2) is 0 Å². The molecule has 0 saturated carbocycles. The highest BCUT2D eigenvalue weighted by atomic mass is 79.9. The standard InChI is InChI=1S/C15H21BrN2O2.ClH/c1-20-12-4-5-14(16)13(9-12)15(19)18-8-6-11-3-2-7-17-10-11;/h4-5,9,11,17H,2-3,6-8,10H2,1H3,(H,18,19);1H. The first kappa shape index (κ1) is 18.3. The first-order chi connectivity index (χ1) is 9.70. The molecule has 1 saturated heterocycles. The summed E-state index contributed by atoms with van der Waals surface area (Å²) in [5, 5.41) is 6.38. The minimum absolute atomic E-state index is 0. The van der Waals surface area contributed by atoms with E-state index < -0.39 is 0 Å². The van der Waals surface area contributed by atoms with E-state index in [4.69, 9.17) is 4.74 Å². The molecule has 0 aromatic heterocycles. The summed E-state index contributed by atoms with van der Waals surface area (Å²) < 4.78 is 5.94. The Kier molecular flexibility index (Phi) is 8.07. The summed E-state index contributed by atoms with van der Waals surface area (Å²) in [7, 11) is 1.60. The average Bonchev–Trinajstić information content (AvgIpc) is 2.48. The quantitative estimate of drug-likeness (QED) is 0.829. The molecule has 1 fully saturated rings. The molecule has 1 amide bonds. The summed E-state index contributed by atoms with van der Waals surface area (Å²) in [6.07, 6.45) is 3.52. The number of carbonyl (C=O) groups is 1. The van der Waals surface area contributed by atoms with Crippen molar-refractivity contribution in [1.82, 2.24) is 10.6 Å². The van der Waals surface area contributed by atoms with Gasteiger partial charge in [-0.05, 0) is 72.4 Å². The maximum Gasteiger partial charge on any atom is 0.252 e. The summed E-state index contributed by atoms with van der Waals surface area (Å²) in [5.41, 5.74) is 0.617. The molecule has 1 heterocycles. The molecule has 1 aromatic rings. The van der Waals surface area contributed by atoms with Crippen LogP contribution >= 0.6 is 28.3 Å². The molecule has 21 heavy (non-hydrogen) atoms. The molecule has 2 N–H and O–H groups in total. The minimum Gasteiger partial charge on any atom is -0.497 e. The number of amides is 1. The second-order valence-corrected chi connectivity index (χ2v) is 5.96. The molecule has 0 bridgehead atoms. The van der Waals surface area contributed by atoms with E-state index in [0.717, 1.165) is 30.5 Å². The monoisotopic (exact) mass is 376 g/mol. The van der Waals surface area contributed by atoms with Crippen molar-refractivity contribution in [1.29, 1.82) is 0 Å². The van der Waals surface area contributed by atoms with Gasteiger partial charge in [-0.2, -0.15) is 0 Å². The third-order valence-electron chi connectivity index (χ3n) is 3.66. The van der Waals surface area contributed by atoms with Crippen molar-refractivity contribution >= 4 is 34.2 Å². The molecular weight excluding hydrogens is 356 g/mol. The van der Waals surface area contributed by atoms with E-state index in [9.17, 15) is 4.79 Å². The maximum atomic E-state index is 12.2. The van der Waals surface area contributed by atoms with E-state index >= 15 is 0 Å². The number of benzene rings is 1. The second kappa shape index (κ2) is 9.28. The van der Waals surface area contributed by atoms with Crippen molar-refractivity contribution in [2.24, 2.45) is 5.92 Å². The van der Waals surface area contributed by atoms with Crippen LogP contribution in [0.1, 0.15) is 29.6 Å². The molecule has 0 radical (unpaired) electrons. The Morgan fingerprint density at radius 1 is 1.52 bits per heavy atom. The number of nitrogens with one attached hydrogen (secondary N) is 2. The van der Waals surface area contributed by atoms with Gasteiger partial charge < -0.3 is 15.4 Å². The van der Waals surface area contributed by atoms with Crippen molar-refractivity contribution in [3.05, 3.63) is 28.2 Å². The van der Waals surface area contributed by atoms with Gasteiger partial charge in [-0.25, -0.2) is 0 Å². The first-order valence-electron chi connectivity index (χ1n) is 7.03. The minimum atomic E-state index is -0.0560. The van der Waals surface area contributed by atoms with Gasteiger partial charge in [0.2, 0.25) is 0 Å². The van der Waals surface area contributed by atoms with Crippen molar-refractivity contribution in [3.63, 3.8) is 0 Å². The predicted octanol–water partition coefficient (Wildman–Crippen LogP) is 3.00. The Bertz CT molecular complexity index is 465. The lowest BCUT2D eigenvalue weighted by Gasteiger charge is -2.22. The molecule has 1 aliphatic rings. The Balaban J connectivity index is 0.00000220. The number of carbonyl (C=O) groups excluding carboxylic acids is 1. The van der Waals surface area contributed by atoms with Crippen LogP contribution in [-0.2, 0) is 0 Å². The van der Waals surface area contributed by atoms with Crippen LogP contribution in [0.4, 0.5) is 0 Å². The zero-order chi connectivity index (χ0) is 14.4. The normalized spacial score (nSPS) is 17.7. The van der Waals surface area contributed by atoms with Gasteiger partial charge in [-0.3, -0.25) is 4.79 Å². The molecule has 2 rings (SSSR count). The van der Waals surface area contributed by atoms with Gasteiger partial charge >= 0.3 is 0 Å². The van der Waals surface area contributed by atoms with Gasteiger partial charge in [0.1, 0.15) is 5.75 Å². The number of piperidine rings is 1. The average molecular weight is 378 g/mol. The lowest BCUT2D eigenvalue weighted by molar-refractivity contribution is 0.0949. The summed E-state index contributed by atoms with van der Waals surface area (Å²) in [6, 6.07) is 5.41. The lowest BCUT2D eigenvalue weighted by atomic mass is 9.96. The highest BCUT2D eigenvalue weighted by molar-refractivity contribution is 9.10. The van der Waals surface area contributed by atoms with Gasteiger partial charge in [-0.1, -0.05) is 0 Å². The first-order valence-corrected chi connectivity index (χ1v) is 7.82. The van der Waals surface area contributed by atoms with E-state index in [1.54, 1.807) is 13.2 Å². The largest absolute Gasteiger partial charge is 0.497 e. The van der Waals surface area contributed by atoms with Gasteiger partial charge in [0.25, 0.3) is 5.91 Å². The van der Waals surface area contributed by atoms with E-state index in [1.807, 2.05) is 12.1 Å². The number of halogens is 2. The number of hydrogen-bond acceptors (Lipinski definition) is 3. The fourth-order valence-electron chi connectivity index (χ4n) is 2.46. The van der Waals surface area contributed by atoms with E-state index in [0.29, 0.717) is 17.2 Å². The molecule has 1 aliphatic heterocycles. The molecule has 6 heteroatoms. The number of hydrogen-bond donors (Lipinski definition) is 2. The van der Waals surface area contributed by atoms with Crippen LogP contribution in [0.2, 0.25) is 0 Å². The Morgan fingerprint density at radius 2 is 2.33 bits per heavy atom.